The number of ether oxygens (including phenoxy) is 3. The van der Waals surface area contributed by atoms with Crippen molar-refractivity contribution in [1.82, 2.24) is 19.3 Å². The van der Waals surface area contributed by atoms with Crippen LogP contribution in [0.1, 0.15) is 19.3 Å². The Bertz CT molecular complexity index is 1450. The van der Waals surface area contributed by atoms with E-state index in [1.54, 1.807) is 18.2 Å². The van der Waals surface area contributed by atoms with Gasteiger partial charge in [0.25, 0.3) is 0 Å². The maximum atomic E-state index is 13.3. The van der Waals surface area contributed by atoms with Crippen LogP contribution >= 0.6 is 0 Å². The van der Waals surface area contributed by atoms with E-state index in [-0.39, 0.29) is 29.0 Å². The highest BCUT2D eigenvalue weighted by Crippen LogP contribution is 2.38. The Kier molecular flexibility index (Phi) is 8.76. The van der Waals surface area contributed by atoms with Gasteiger partial charge >= 0.3 is 0 Å². The fourth-order valence-electron chi connectivity index (χ4n) is 5.36. The lowest BCUT2D eigenvalue weighted by molar-refractivity contribution is -0.0312. The average molecular weight is 612 g/mol. The molecule has 2 atom stereocenters. The van der Waals surface area contributed by atoms with Gasteiger partial charge < -0.3 is 29.5 Å². The van der Waals surface area contributed by atoms with Gasteiger partial charge in [-0.05, 0) is 38.4 Å². The van der Waals surface area contributed by atoms with Crippen molar-refractivity contribution in [3.05, 3.63) is 36.5 Å². The number of nitrogens with one attached hydrogen (secondary N) is 2. The van der Waals surface area contributed by atoms with Gasteiger partial charge in [0, 0.05) is 51.1 Å². The Morgan fingerprint density at radius 2 is 1.95 bits per heavy atom. The monoisotopic (exact) mass is 611 g/mol. The molecule has 0 saturated carbocycles. The number of rotatable bonds is 10. The van der Waals surface area contributed by atoms with E-state index >= 15 is 0 Å². The second-order valence-electron chi connectivity index (χ2n) is 10.6. The van der Waals surface area contributed by atoms with Gasteiger partial charge in [0.05, 0.1) is 23.6 Å². The van der Waals surface area contributed by atoms with Gasteiger partial charge in [-0.25, -0.2) is 26.5 Å². The molecule has 3 aliphatic rings. The van der Waals surface area contributed by atoms with E-state index in [1.165, 1.54) is 29.7 Å². The summed E-state index contributed by atoms with van der Waals surface area (Å²) in [4.78, 5) is 6.48. The van der Waals surface area contributed by atoms with Crippen LogP contribution in [0.4, 0.5) is 5.82 Å². The molecule has 15 heteroatoms. The smallest absolute Gasteiger partial charge is 0.244 e. The van der Waals surface area contributed by atoms with Crippen LogP contribution in [0.2, 0.25) is 0 Å². The minimum Gasteiger partial charge on any atom is -0.491 e. The number of hydrogen-bond donors (Lipinski definition) is 3. The molecule has 4 heterocycles. The minimum absolute atomic E-state index is 0.0101. The highest BCUT2D eigenvalue weighted by Gasteiger charge is 2.45. The molecule has 1 spiro atoms. The van der Waals surface area contributed by atoms with Gasteiger partial charge in [-0.1, -0.05) is 6.07 Å². The molecule has 1 aromatic carbocycles. The molecule has 0 unspecified atom stereocenters. The number of likely N-dealkylation sites (N-methyl/N-ethyl adjacent to an activating group) is 1. The summed E-state index contributed by atoms with van der Waals surface area (Å²) in [6.45, 7) is 2.57. The Labute approximate surface area is 240 Å². The second-order valence-corrected chi connectivity index (χ2v) is 14.4. The van der Waals surface area contributed by atoms with Crippen LogP contribution < -0.4 is 24.4 Å². The molecule has 2 aromatic rings. The summed E-state index contributed by atoms with van der Waals surface area (Å²) in [5.74, 6) is 1.46. The number of fused-ring (bicyclic) bond motifs is 1. The van der Waals surface area contributed by atoms with Crippen molar-refractivity contribution in [1.29, 1.82) is 0 Å². The van der Waals surface area contributed by atoms with Crippen LogP contribution in [0.25, 0.3) is 0 Å². The van der Waals surface area contributed by atoms with E-state index in [9.17, 15) is 21.9 Å². The third-order valence-electron chi connectivity index (χ3n) is 7.80. The van der Waals surface area contributed by atoms with Gasteiger partial charge in [-0.2, -0.15) is 4.31 Å². The number of aliphatic hydroxyl groups excluding tert-OH is 1. The molecule has 5 rings (SSSR count). The summed E-state index contributed by atoms with van der Waals surface area (Å²) in [6, 6.07) is 7.64. The molecule has 2 fully saturated rings. The predicted molar refractivity (Wildman–Crippen MR) is 150 cm³/mol. The first kappa shape index (κ1) is 29.9. The molecule has 2 saturated heterocycles. The molecule has 0 radical (unpaired) electrons. The number of piperidine rings is 1. The summed E-state index contributed by atoms with van der Waals surface area (Å²) in [7, 11) is -4.08. The highest BCUT2D eigenvalue weighted by molar-refractivity contribution is 7.89. The molecule has 3 aliphatic heterocycles. The van der Waals surface area contributed by atoms with Crippen molar-refractivity contribution in [3.63, 3.8) is 0 Å². The van der Waals surface area contributed by atoms with E-state index < -0.39 is 31.8 Å². The first-order valence-electron chi connectivity index (χ1n) is 13.6. The number of pyridine rings is 1. The van der Waals surface area contributed by atoms with Gasteiger partial charge in [0.15, 0.2) is 11.6 Å². The molecule has 0 bridgehead atoms. The standard InChI is InChI=1S/C26H37N5O8S2/c1-27-40(33,34)22-5-3-4-21(12-22)38-18-20(32)15-28-19-14-26(39-17-19)6-8-31(9-7-26)41(35,36)23-13-24-25(29-16-23)30(2)10-11-37-24/h3-5,12-13,16,19-20,27-28,32H,6-11,14-15,17-18H2,1-2H3/t19-,20+/m1/s1. The van der Waals surface area contributed by atoms with E-state index in [1.807, 2.05) is 11.9 Å². The first-order chi connectivity index (χ1) is 19.5. The quantitative estimate of drug-likeness (QED) is 0.336. The van der Waals surface area contributed by atoms with Crippen LogP contribution in [0.5, 0.6) is 11.5 Å². The lowest BCUT2D eigenvalue weighted by Gasteiger charge is -2.38. The molecule has 0 aliphatic carbocycles. The van der Waals surface area contributed by atoms with Gasteiger partial charge in [-0.3, -0.25) is 0 Å². The zero-order valence-corrected chi connectivity index (χ0v) is 24.8. The van der Waals surface area contributed by atoms with E-state index in [4.69, 9.17) is 14.2 Å². The maximum absolute atomic E-state index is 13.3. The topological polar surface area (TPSA) is 160 Å². The van der Waals surface area contributed by atoms with Crippen molar-refractivity contribution in [2.75, 3.05) is 65.0 Å². The molecule has 3 N–H and O–H groups in total. The summed E-state index contributed by atoms with van der Waals surface area (Å²) in [5.41, 5.74) is -0.412. The van der Waals surface area contributed by atoms with Crippen LogP contribution in [0.15, 0.2) is 46.3 Å². The van der Waals surface area contributed by atoms with Crippen molar-refractivity contribution in [3.8, 4) is 11.5 Å². The van der Waals surface area contributed by atoms with Crippen LogP contribution in [-0.4, -0.2) is 109 Å². The second kappa shape index (κ2) is 12.0. The minimum atomic E-state index is -3.72. The maximum Gasteiger partial charge on any atom is 0.244 e. The zero-order chi connectivity index (χ0) is 29.3. The molecule has 41 heavy (non-hydrogen) atoms. The predicted octanol–water partition coefficient (Wildman–Crippen LogP) is 0.160. The fraction of sp³-hybridized carbons (Fsp3) is 0.577. The molecular formula is C26H37N5O8S2. The normalized spacial score (nSPS) is 21.8. The van der Waals surface area contributed by atoms with Crippen molar-refractivity contribution in [2.45, 2.75) is 46.8 Å². The summed E-state index contributed by atoms with van der Waals surface area (Å²) in [5, 5.41) is 13.7. The Hall–Kier alpha value is -2.53. The third kappa shape index (κ3) is 6.61. The van der Waals surface area contributed by atoms with Crippen LogP contribution in [-0.2, 0) is 24.8 Å². The number of nitrogens with zero attached hydrogens (tertiary/aromatic N) is 3. The summed E-state index contributed by atoms with van der Waals surface area (Å²) >= 11 is 0. The number of sulfonamides is 2. The van der Waals surface area contributed by atoms with E-state index in [0.717, 1.165) is 0 Å². The molecule has 1 aromatic heterocycles. The summed E-state index contributed by atoms with van der Waals surface area (Å²) < 4.78 is 71.8. The van der Waals surface area contributed by atoms with Gasteiger partial charge in [0.2, 0.25) is 20.0 Å². The lowest BCUT2D eigenvalue weighted by atomic mass is 9.88. The molecule has 226 valence electrons. The largest absolute Gasteiger partial charge is 0.491 e. The number of benzene rings is 1. The van der Waals surface area contributed by atoms with Gasteiger partial charge in [0.1, 0.15) is 30.0 Å². The van der Waals surface area contributed by atoms with E-state index in [2.05, 4.69) is 15.0 Å². The number of hydrogen-bond acceptors (Lipinski definition) is 11. The van der Waals surface area contributed by atoms with Crippen molar-refractivity contribution < 1.29 is 36.2 Å². The van der Waals surface area contributed by atoms with Crippen LogP contribution in [0, 0.1) is 0 Å². The van der Waals surface area contributed by atoms with Crippen LogP contribution in [0.3, 0.4) is 0 Å². The molecular weight excluding hydrogens is 574 g/mol. The SMILES string of the molecule is CNS(=O)(=O)c1cccc(OC[C@@H](O)CN[C@H]2COC3(CCN(S(=O)(=O)c4cnc5c(c4)OCCN5C)CC3)C2)c1. The summed E-state index contributed by atoms with van der Waals surface area (Å²) in [6.07, 6.45) is 2.42. The number of aliphatic hydroxyl groups is 1. The Morgan fingerprint density at radius 3 is 2.71 bits per heavy atom. The highest BCUT2D eigenvalue weighted by atomic mass is 32.2. The van der Waals surface area contributed by atoms with Crippen molar-refractivity contribution in [2.24, 2.45) is 0 Å². The fourth-order valence-corrected chi connectivity index (χ4v) is 7.53. The Balaban J connectivity index is 1.09. The molecule has 0 amide bonds. The van der Waals surface area contributed by atoms with Crippen molar-refractivity contribution >= 4 is 25.9 Å². The van der Waals surface area contributed by atoms with Gasteiger partial charge in [-0.15, -0.1) is 0 Å². The zero-order valence-electron chi connectivity index (χ0n) is 23.2. The third-order valence-corrected chi connectivity index (χ3v) is 11.1. The number of anilines is 1. The lowest BCUT2D eigenvalue weighted by Crippen LogP contribution is -2.47. The first-order valence-corrected chi connectivity index (χ1v) is 16.5. The average Bonchev–Trinajstić information content (AvgIpc) is 3.37. The number of aromatic nitrogens is 1. The Morgan fingerprint density at radius 1 is 1.17 bits per heavy atom. The molecule has 13 nitrogen and oxygen atoms in total. The van der Waals surface area contributed by atoms with E-state index in [0.29, 0.717) is 69.4 Å².